The van der Waals surface area contributed by atoms with E-state index in [2.05, 4.69) is 24.4 Å². The van der Waals surface area contributed by atoms with Gasteiger partial charge in [-0.3, -0.25) is 4.99 Å². The number of hydrogen-bond donors (Lipinski definition) is 0. The molecule has 0 aromatic carbocycles. The van der Waals surface area contributed by atoms with Crippen molar-refractivity contribution in [1.82, 2.24) is 0 Å². The van der Waals surface area contributed by atoms with Gasteiger partial charge in [0, 0.05) is 11.4 Å². The topological polar surface area (TPSA) is 12.4 Å². The van der Waals surface area contributed by atoms with E-state index in [-0.39, 0.29) is 0 Å². The minimum absolute atomic E-state index is 0.826. The number of thiophene rings is 1. The molecule has 0 radical (unpaired) electrons. The van der Waals surface area contributed by atoms with Crippen molar-refractivity contribution in [2.75, 3.05) is 6.54 Å². The van der Waals surface area contributed by atoms with Crippen molar-refractivity contribution in [3.63, 3.8) is 0 Å². The van der Waals surface area contributed by atoms with Gasteiger partial charge in [0.05, 0.1) is 5.71 Å². The first-order chi connectivity index (χ1) is 6.90. The molecule has 0 N–H and O–H groups in total. The van der Waals surface area contributed by atoms with Crippen molar-refractivity contribution < 1.29 is 0 Å². The van der Waals surface area contributed by atoms with E-state index in [0.717, 1.165) is 12.5 Å². The van der Waals surface area contributed by atoms with Crippen LogP contribution in [0.15, 0.2) is 22.5 Å². The largest absolute Gasteiger partial charge is 0.288 e. The van der Waals surface area contributed by atoms with Crippen molar-refractivity contribution in [2.24, 2.45) is 10.9 Å². The van der Waals surface area contributed by atoms with E-state index in [4.69, 9.17) is 4.99 Å². The highest BCUT2D eigenvalue weighted by Crippen LogP contribution is 2.21. The molecule has 1 nitrogen and oxygen atoms in total. The molecule has 1 aliphatic heterocycles. The minimum atomic E-state index is 0.826. The highest BCUT2D eigenvalue weighted by molar-refractivity contribution is 7.12. The van der Waals surface area contributed by atoms with Crippen molar-refractivity contribution in [3.8, 4) is 0 Å². The van der Waals surface area contributed by atoms with Crippen molar-refractivity contribution in [1.29, 1.82) is 0 Å². The van der Waals surface area contributed by atoms with Crippen LogP contribution in [0.2, 0.25) is 0 Å². The predicted molar refractivity (Wildman–Crippen MR) is 63.4 cm³/mol. The summed E-state index contributed by atoms with van der Waals surface area (Å²) in [5, 5.41) is 2.14. The highest BCUT2D eigenvalue weighted by atomic mass is 32.1. The molecule has 1 atom stereocenters. The summed E-state index contributed by atoms with van der Waals surface area (Å²) in [5.41, 5.74) is 1.34. The second kappa shape index (κ2) is 4.74. The summed E-state index contributed by atoms with van der Waals surface area (Å²) < 4.78 is 0. The van der Waals surface area contributed by atoms with Crippen molar-refractivity contribution in [2.45, 2.75) is 32.6 Å². The van der Waals surface area contributed by atoms with Gasteiger partial charge in [-0.1, -0.05) is 19.4 Å². The maximum atomic E-state index is 4.74. The predicted octanol–water partition coefficient (Wildman–Crippen LogP) is 3.75. The molecule has 0 saturated carbocycles. The Morgan fingerprint density at radius 2 is 2.50 bits per heavy atom. The molecule has 2 rings (SSSR count). The Bertz CT molecular complexity index is 300. The SMILES string of the molecule is CCC1CCCC(c2cccs2)=NC1. The Morgan fingerprint density at radius 3 is 3.21 bits per heavy atom. The average molecular weight is 207 g/mol. The van der Waals surface area contributed by atoms with Crippen LogP contribution in [0.5, 0.6) is 0 Å². The van der Waals surface area contributed by atoms with Crippen LogP contribution in [0.4, 0.5) is 0 Å². The Labute approximate surface area is 89.9 Å². The summed E-state index contributed by atoms with van der Waals surface area (Å²) in [7, 11) is 0. The van der Waals surface area contributed by atoms with Gasteiger partial charge in [0.25, 0.3) is 0 Å². The lowest BCUT2D eigenvalue weighted by atomic mass is 10.0. The molecule has 1 aromatic rings. The summed E-state index contributed by atoms with van der Waals surface area (Å²) in [6.45, 7) is 3.32. The lowest BCUT2D eigenvalue weighted by molar-refractivity contribution is 0.481. The smallest absolute Gasteiger partial charge is 0.0520 e. The summed E-state index contributed by atoms with van der Waals surface area (Å²) in [4.78, 5) is 6.12. The van der Waals surface area contributed by atoms with E-state index >= 15 is 0 Å². The van der Waals surface area contributed by atoms with E-state index in [0.29, 0.717) is 0 Å². The van der Waals surface area contributed by atoms with E-state index < -0.39 is 0 Å². The molecule has 76 valence electrons. The number of aliphatic imine (C=N–C) groups is 1. The van der Waals surface area contributed by atoms with E-state index in [1.807, 2.05) is 11.3 Å². The van der Waals surface area contributed by atoms with Crippen molar-refractivity contribution >= 4 is 17.0 Å². The zero-order valence-corrected chi connectivity index (χ0v) is 9.52. The highest BCUT2D eigenvalue weighted by Gasteiger charge is 2.13. The molecule has 0 bridgehead atoms. The third kappa shape index (κ3) is 2.24. The van der Waals surface area contributed by atoms with E-state index in [9.17, 15) is 0 Å². The zero-order chi connectivity index (χ0) is 9.80. The summed E-state index contributed by atoms with van der Waals surface area (Å²) in [5.74, 6) is 0.826. The standard InChI is InChI=1S/C12H17NS/c1-2-10-5-3-6-11(13-9-10)12-7-4-8-14-12/h4,7-8,10H,2-3,5-6,9H2,1H3. The third-order valence-electron chi connectivity index (χ3n) is 2.95. The first-order valence-electron chi connectivity index (χ1n) is 5.47. The van der Waals surface area contributed by atoms with Gasteiger partial charge in [0.15, 0.2) is 0 Å². The van der Waals surface area contributed by atoms with Crippen LogP contribution < -0.4 is 0 Å². The van der Waals surface area contributed by atoms with E-state index in [1.165, 1.54) is 36.3 Å². The van der Waals surface area contributed by atoms with Crippen LogP contribution in [-0.4, -0.2) is 12.3 Å². The van der Waals surface area contributed by atoms with Crippen LogP contribution >= 0.6 is 11.3 Å². The number of rotatable bonds is 2. The monoisotopic (exact) mass is 207 g/mol. The molecule has 0 aliphatic carbocycles. The molecule has 1 unspecified atom stereocenters. The minimum Gasteiger partial charge on any atom is -0.288 e. The van der Waals surface area contributed by atoms with Crippen LogP contribution in [0, 0.1) is 5.92 Å². The molecule has 2 heteroatoms. The van der Waals surface area contributed by atoms with Gasteiger partial charge in [-0.25, -0.2) is 0 Å². The second-order valence-corrected chi connectivity index (χ2v) is 4.88. The second-order valence-electron chi connectivity index (χ2n) is 3.93. The van der Waals surface area contributed by atoms with Crippen LogP contribution in [-0.2, 0) is 0 Å². The Hall–Kier alpha value is -0.630. The summed E-state index contributed by atoms with van der Waals surface area (Å²) >= 11 is 1.82. The van der Waals surface area contributed by atoms with Gasteiger partial charge in [-0.15, -0.1) is 11.3 Å². The van der Waals surface area contributed by atoms with Crippen LogP contribution in [0.3, 0.4) is 0 Å². The molecule has 1 aliphatic rings. The Balaban J connectivity index is 2.09. The van der Waals surface area contributed by atoms with Crippen molar-refractivity contribution in [3.05, 3.63) is 22.4 Å². The maximum Gasteiger partial charge on any atom is 0.0520 e. The van der Waals surface area contributed by atoms with Gasteiger partial charge >= 0.3 is 0 Å². The summed E-state index contributed by atoms with van der Waals surface area (Å²) in [6, 6.07) is 4.31. The molecule has 0 spiro atoms. The quantitative estimate of drug-likeness (QED) is 0.700. The normalized spacial score (nSPS) is 22.9. The Morgan fingerprint density at radius 1 is 1.57 bits per heavy atom. The molecular weight excluding hydrogens is 190 g/mol. The molecule has 1 aromatic heterocycles. The first kappa shape index (κ1) is 9.91. The maximum absolute atomic E-state index is 4.74. The lowest BCUT2D eigenvalue weighted by Crippen LogP contribution is -2.01. The average Bonchev–Trinajstić information content (AvgIpc) is 2.63. The molecular formula is C12H17NS. The van der Waals surface area contributed by atoms with Gasteiger partial charge in [-0.2, -0.15) is 0 Å². The summed E-state index contributed by atoms with van der Waals surface area (Å²) in [6.07, 6.45) is 5.13. The number of hydrogen-bond acceptors (Lipinski definition) is 2. The van der Waals surface area contributed by atoms with Gasteiger partial charge in [0.2, 0.25) is 0 Å². The lowest BCUT2D eigenvalue weighted by Gasteiger charge is -2.06. The molecule has 0 saturated heterocycles. The fourth-order valence-electron chi connectivity index (χ4n) is 1.94. The van der Waals surface area contributed by atoms with Gasteiger partial charge in [0.1, 0.15) is 0 Å². The van der Waals surface area contributed by atoms with Crippen LogP contribution in [0.1, 0.15) is 37.5 Å². The zero-order valence-electron chi connectivity index (χ0n) is 8.70. The third-order valence-corrected chi connectivity index (χ3v) is 3.87. The molecule has 0 amide bonds. The van der Waals surface area contributed by atoms with E-state index in [1.54, 1.807) is 0 Å². The van der Waals surface area contributed by atoms with Gasteiger partial charge in [-0.05, 0) is 36.6 Å². The first-order valence-corrected chi connectivity index (χ1v) is 6.35. The van der Waals surface area contributed by atoms with Gasteiger partial charge < -0.3 is 0 Å². The fraction of sp³-hybridized carbons (Fsp3) is 0.583. The fourth-order valence-corrected chi connectivity index (χ4v) is 2.71. The molecule has 0 fully saturated rings. The number of nitrogens with zero attached hydrogens (tertiary/aromatic N) is 1. The Kier molecular flexibility index (Phi) is 3.35. The molecule has 2 heterocycles. The molecule has 14 heavy (non-hydrogen) atoms. The van der Waals surface area contributed by atoms with Crippen LogP contribution in [0.25, 0.3) is 0 Å².